The fourth-order valence-corrected chi connectivity index (χ4v) is 3.24. The maximum atomic E-state index is 5.22. The Balaban J connectivity index is 1.74. The molecule has 7 heteroatoms. The molecule has 0 amide bonds. The summed E-state index contributed by atoms with van der Waals surface area (Å²) in [4.78, 5) is 7.01. The van der Waals surface area contributed by atoms with E-state index < -0.39 is 0 Å². The second-order valence-corrected chi connectivity index (χ2v) is 6.11. The summed E-state index contributed by atoms with van der Waals surface area (Å²) < 4.78 is 7.88. The van der Waals surface area contributed by atoms with Gasteiger partial charge in [0.25, 0.3) is 0 Å². The van der Waals surface area contributed by atoms with Gasteiger partial charge in [-0.25, -0.2) is 9.50 Å². The number of hydrogen-bond acceptors (Lipinski definition) is 5. The molecule has 3 aromatic heterocycles. The number of fused-ring (bicyclic) bond motifs is 1. The molecular weight excluding hydrogens is 334 g/mol. The Bertz CT molecular complexity index is 796. The van der Waals surface area contributed by atoms with E-state index in [0.29, 0.717) is 0 Å². The van der Waals surface area contributed by atoms with Gasteiger partial charge in [-0.1, -0.05) is 5.16 Å². The van der Waals surface area contributed by atoms with Crippen molar-refractivity contribution < 1.29 is 4.52 Å². The molecule has 0 aromatic carbocycles. The van der Waals surface area contributed by atoms with Gasteiger partial charge in [0.05, 0.1) is 16.7 Å². The molecule has 0 spiro atoms. The third kappa shape index (κ3) is 2.12. The van der Waals surface area contributed by atoms with Crippen LogP contribution in [-0.2, 0) is 0 Å². The molecule has 6 nitrogen and oxygen atoms in total. The van der Waals surface area contributed by atoms with Crippen molar-refractivity contribution in [3.8, 4) is 0 Å². The van der Waals surface area contributed by atoms with Crippen LogP contribution < -0.4 is 4.90 Å². The van der Waals surface area contributed by atoms with Crippen LogP contribution in [0.15, 0.2) is 33.5 Å². The highest BCUT2D eigenvalue weighted by molar-refractivity contribution is 9.10. The zero-order valence-corrected chi connectivity index (χ0v) is 13.1. The fourth-order valence-electron chi connectivity index (χ4n) is 2.88. The molecule has 1 aliphatic heterocycles. The molecule has 1 fully saturated rings. The van der Waals surface area contributed by atoms with E-state index in [0.717, 1.165) is 46.8 Å². The van der Waals surface area contributed by atoms with Gasteiger partial charge in [-0.05, 0) is 41.8 Å². The Morgan fingerprint density at radius 3 is 3.14 bits per heavy atom. The molecule has 1 atom stereocenters. The van der Waals surface area contributed by atoms with E-state index >= 15 is 0 Å². The molecular formula is C14H14BrN5O. The maximum absolute atomic E-state index is 5.22. The average Bonchev–Trinajstić information content (AvgIpc) is 3.19. The van der Waals surface area contributed by atoms with Crippen molar-refractivity contribution in [3.63, 3.8) is 0 Å². The highest BCUT2D eigenvalue weighted by Gasteiger charge is 2.29. The van der Waals surface area contributed by atoms with Gasteiger partial charge in [-0.2, -0.15) is 5.10 Å². The van der Waals surface area contributed by atoms with Gasteiger partial charge in [0.1, 0.15) is 17.3 Å². The topological polar surface area (TPSA) is 59.5 Å². The Morgan fingerprint density at radius 2 is 2.33 bits per heavy atom. The summed E-state index contributed by atoms with van der Waals surface area (Å²) in [6, 6.07) is 4.24. The minimum atomic E-state index is 0.235. The van der Waals surface area contributed by atoms with Gasteiger partial charge in [-0.15, -0.1) is 0 Å². The van der Waals surface area contributed by atoms with Crippen LogP contribution in [0.5, 0.6) is 0 Å². The van der Waals surface area contributed by atoms with Crippen LogP contribution in [0.3, 0.4) is 0 Å². The zero-order valence-electron chi connectivity index (χ0n) is 11.5. The first-order valence-corrected chi connectivity index (χ1v) is 7.71. The van der Waals surface area contributed by atoms with Crippen molar-refractivity contribution in [1.29, 1.82) is 0 Å². The van der Waals surface area contributed by atoms with Crippen molar-refractivity contribution in [3.05, 3.63) is 40.5 Å². The molecule has 0 radical (unpaired) electrons. The van der Waals surface area contributed by atoms with Crippen LogP contribution in [0.4, 0.5) is 5.82 Å². The Kier molecular flexibility index (Phi) is 2.95. The molecule has 1 saturated heterocycles. The predicted molar refractivity (Wildman–Crippen MR) is 81.2 cm³/mol. The Labute approximate surface area is 129 Å². The van der Waals surface area contributed by atoms with E-state index in [1.165, 1.54) is 0 Å². The van der Waals surface area contributed by atoms with Crippen molar-refractivity contribution in [2.75, 3.05) is 11.4 Å². The van der Waals surface area contributed by atoms with Crippen LogP contribution in [0.1, 0.15) is 30.3 Å². The average molecular weight is 348 g/mol. The van der Waals surface area contributed by atoms with Gasteiger partial charge in [0.2, 0.25) is 0 Å². The van der Waals surface area contributed by atoms with Gasteiger partial charge in [0, 0.05) is 18.8 Å². The summed E-state index contributed by atoms with van der Waals surface area (Å²) in [6.07, 6.45) is 5.89. The van der Waals surface area contributed by atoms with Crippen molar-refractivity contribution in [2.45, 2.75) is 25.8 Å². The summed E-state index contributed by atoms with van der Waals surface area (Å²) in [5.74, 6) is 1.80. The normalized spacial score (nSPS) is 18.8. The summed E-state index contributed by atoms with van der Waals surface area (Å²) in [7, 11) is 0. The number of anilines is 1. The van der Waals surface area contributed by atoms with Crippen LogP contribution >= 0.6 is 15.9 Å². The SMILES string of the molecule is Cc1cc(C2CCCN2c2ccn3ncc(Br)c3n2)no1. The van der Waals surface area contributed by atoms with Gasteiger partial charge in [-0.3, -0.25) is 0 Å². The zero-order chi connectivity index (χ0) is 14.4. The molecule has 0 N–H and O–H groups in total. The Morgan fingerprint density at radius 1 is 1.43 bits per heavy atom. The largest absolute Gasteiger partial charge is 0.361 e. The molecule has 1 unspecified atom stereocenters. The first-order valence-electron chi connectivity index (χ1n) is 6.92. The lowest BCUT2D eigenvalue weighted by Crippen LogP contribution is -2.24. The molecule has 0 bridgehead atoms. The number of nitrogens with zero attached hydrogens (tertiary/aromatic N) is 5. The Hall–Kier alpha value is -1.89. The molecule has 1 aliphatic rings. The quantitative estimate of drug-likeness (QED) is 0.712. The molecule has 0 aliphatic carbocycles. The lowest BCUT2D eigenvalue weighted by Gasteiger charge is -2.24. The van der Waals surface area contributed by atoms with E-state index in [4.69, 9.17) is 9.51 Å². The number of halogens is 1. The first-order chi connectivity index (χ1) is 10.2. The lowest BCUT2D eigenvalue weighted by molar-refractivity contribution is 0.385. The molecule has 108 valence electrons. The molecule has 3 aromatic rings. The summed E-state index contributed by atoms with van der Waals surface area (Å²) in [5, 5.41) is 8.40. The van der Waals surface area contributed by atoms with Crippen LogP contribution in [-0.4, -0.2) is 26.3 Å². The monoisotopic (exact) mass is 347 g/mol. The van der Waals surface area contributed by atoms with Crippen LogP contribution in [0.2, 0.25) is 0 Å². The molecule has 4 heterocycles. The van der Waals surface area contributed by atoms with E-state index in [2.05, 4.69) is 31.1 Å². The fraction of sp³-hybridized carbons (Fsp3) is 0.357. The lowest BCUT2D eigenvalue weighted by atomic mass is 10.1. The highest BCUT2D eigenvalue weighted by Crippen LogP contribution is 2.35. The number of rotatable bonds is 2. The molecule has 21 heavy (non-hydrogen) atoms. The number of hydrogen-bond donors (Lipinski definition) is 0. The highest BCUT2D eigenvalue weighted by atomic mass is 79.9. The van der Waals surface area contributed by atoms with E-state index in [1.54, 1.807) is 10.7 Å². The summed E-state index contributed by atoms with van der Waals surface area (Å²) in [6.45, 7) is 2.90. The van der Waals surface area contributed by atoms with Gasteiger partial charge in [0.15, 0.2) is 5.65 Å². The van der Waals surface area contributed by atoms with Crippen molar-refractivity contribution in [2.24, 2.45) is 0 Å². The number of aryl methyl sites for hydroxylation is 1. The maximum Gasteiger partial charge on any atom is 0.171 e. The number of aromatic nitrogens is 4. The van der Waals surface area contributed by atoms with Crippen molar-refractivity contribution in [1.82, 2.24) is 19.8 Å². The smallest absolute Gasteiger partial charge is 0.171 e. The first kappa shape index (κ1) is 12.8. The second kappa shape index (κ2) is 4.84. The third-order valence-electron chi connectivity index (χ3n) is 3.85. The molecule has 0 saturated carbocycles. The van der Waals surface area contributed by atoms with Gasteiger partial charge >= 0.3 is 0 Å². The van der Waals surface area contributed by atoms with Crippen LogP contribution in [0, 0.1) is 6.92 Å². The second-order valence-electron chi connectivity index (χ2n) is 5.26. The van der Waals surface area contributed by atoms with Gasteiger partial charge < -0.3 is 9.42 Å². The molecule has 4 rings (SSSR count). The minimum Gasteiger partial charge on any atom is -0.361 e. The van der Waals surface area contributed by atoms with E-state index in [-0.39, 0.29) is 6.04 Å². The standard InChI is InChI=1S/C14H14BrN5O/c1-9-7-11(18-21-9)12-3-2-5-19(12)13-4-6-20-14(17-13)10(15)8-16-20/h4,6-8,12H,2-3,5H2,1H3. The predicted octanol–water partition coefficient (Wildman–Crippen LogP) is 3.13. The third-order valence-corrected chi connectivity index (χ3v) is 4.41. The van der Waals surface area contributed by atoms with Crippen molar-refractivity contribution >= 4 is 27.4 Å². The van der Waals surface area contributed by atoms with E-state index in [9.17, 15) is 0 Å². The summed E-state index contributed by atoms with van der Waals surface area (Å²) >= 11 is 3.48. The van der Waals surface area contributed by atoms with Crippen LogP contribution in [0.25, 0.3) is 5.65 Å². The van der Waals surface area contributed by atoms with E-state index in [1.807, 2.05) is 25.3 Å². The summed E-state index contributed by atoms with van der Waals surface area (Å²) in [5.41, 5.74) is 1.81. The minimum absolute atomic E-state index is 0.235.